The fourth-order valence-corrected chi connectivity index (χ4v) is 1.79. The molecule has 1 aromatic heterocycles. The molecule has 0 saturated carbocycles. The van der Waals surface area contributed by atoms with Crippen molar-refractivity contribution in [1.29, 1.82) is 0 Å². The Balaban J connectivity index is 2.13. The predicted molar refractivity (Wildman–Crippen MR) is 78.8 cm³/mol. The van der Waals surface area contributed by atoms with Crippen molar-refractivity contribution in [3.05, 3.63) is 58.3 Å². The van der Waals surface area contributed by atoms with E-state index in [1.165, 1.54) is 18.3 Å². The van der Waals surface area contributed by atoms with Crippen LogP contribution in [0.2, 0.25) is 0 Å². The number of amides is 1. The molecule has 0 bridgehead atoms. The van der Waals surface area contributed by atoms with Crippen LogP contribution in [0.4, 0.5) is 17.2 Å². The van der Waals surface area contributed by atoms with Crippen LogP contribution in [0.1, 0.15) is 18.4 Å². The van der Waals surface area contributed by atoms with E-state index < -0.39 is 10.8 Å². The van der Waals surface area contributed by atoms with Crippen molar-refractivity contribution in [3.8, 4) is 0 Å². The highest BCUT2D eigenvalue weighted by Gasteiger charge is 2.18. The van der Waals surface area contributed by atoms with Gasteiger partial charge in [0.2, 0.25) is 5.91 Å². The van der Waals surface area contributed by atoms with Gasteiger partial charge in [-0.15, -0.1) is 0 Å². The van der Waals surface area contributed by atoms with Gasteiger partial charge in [-0.2, -0.15) is 0 Å². The molecule has 0 aliphatic heterocycles. The van der Waals surface area contributed by atoms with E-state index >= 15 is 0 Å². The molecule has 1 unspecified atom stereocenters. The van der Waals surface area contributed by atoms with E-state index in [0.29, 0.717) is 17.1 Å². The van der Waals surface area contributed by atoms with Crippen LogP contribution in [-0.2, 0) is 4.79 Å². The van der Waals surface area contributed by atoms with Gasteiger partial charge in [0.25, 0.3) is 5.69 Å². The number of nitrogens with two attached hydrogens (primary N) is 1. The number of anilines is 2. The number of nitro benzene ring substituents is 1. The number of nitro groups is 1. The molecule has 0 aliphatic rings. The molecule has 1 aromatic carbocycles. The number of benzene rings is 1. The minimum atomic E-state index is -0.526. The largest absolute Gasteiger partial charge is 0.384 e. The molecule has 3 N–H and O–H groups in total. The third-order valence-corrected chi connectivity index (χ3v) is 3.03. The number of hydrogen-bond donors (Lipinski definition) is 2. The molecule has 21 heavy (non-hydrogen) atoms. The summed E-state index contributed by atoms with van der Waals surface area (Å²) in [4.78, 5) is 26.3. The van der Waals surface area contributed by atoms with Crippen molar-refractivity contribution >= 4 is 23.1 Å². The van der Waals surface area contributed by atoms with Crippen LogP contribution >= 0.6 is 0 Å². The number of carbonyl (C=O) groups excluding carboxylic acids is 1. The van der Waals surface area contributed by atoms with E-state index in [1.807, 2.05) is 0 Å². The van der Waals surface area contributed by atoms with Crippen LogP contribution in [0.5, 0.6) is 0 Å². The average molecular weight is 286 g/mol. The number of carbonyl (C=O) groups is 1. The summed E-state index contributed by atoms with van der Waals surface area (Å²) in [6.07, 6.45) is 1.45. The second-order valence-electron chi connectivity index (χ2n) is 4.53. The maximum absolute atomic E-state index is 12.1. The molecular formula is C14H14N4O3. The summed E-state index contributed by atoms with van der Waals surface area (Å²) >= 11 is 0. The molecule has 0 fully saturated rings. The van der Waals surface area contributed by atoms with Gasteiger partial charge in [-0.1, -0.05) is 12.1 Å². The molecule has 0 aliphatic carbocycles. The Bertz CT molecular complexity index is 670. The SMILES string of the molecule is CC(C(=O)Nc1ccc(N)nc1)c1cccc([N+](=O)[O-])c1. The summed E-state index contributed by atoms with van der Waals surface area (Å²) in [6, 6.07) is 9.23. The standard InChI is InChI=1S/C14H14N4O3/c1-9(10-3-2-4-12(7-10)18(20)21)14(19)17-11-5-6-13(15)16-8-11/h2-9H,1H3,(H2,15,16)(H,17,19). The van der Waals surface area contributed by atoms with Crippen molar-refractivity contribution in [1.82, 2.24) is 4.98 Å². The lowest BCUT2D eigenvalue weighted by atomic mass is 10.00. The lowest BCUT2D eigenvalue weighted by Gasteiger charge is -2.12. The Kier molecular flexibility index (Phi) is 4.13. The highest BCUT2D eigenvalue weighted by molar-refractivity contribution is 5.95. The maximum Gasteiger partial charge on any atom is 0.269 e. The topological polar surface area (TPSA) is 111 Å². The van der Waals surface area contributed by atoms with Gasteiger partial charge < -0.3 is 11.1 Å². The van der Waals surface area contributed by atoms with Gasteiger partial charge in [0, 0.05) is 12.1 Å². The quantitative estimate of drug-likeness (QED) is 0.661. The first kappa shape index (κ1) is 14.4. The molecule has 108 valence electrons. The van der Waals surface area contributed by atoms with Gasteiger partial charge in [-0.25, -0.2) is 4.98 Å². The van der Waals surface area contributed by atoms with Gasteiger partial charge in [0.15, 0.2) is 0 Å². The molecule has 2 aromatic rings. The minimum absolute atomic E-state index is 0.0405. The van der Waals surface area contributed by atoms with E-state index in [-0.39, 0.29) is 11.6 Å². The van der Waals surface area contributed by atoms with Gasteiger partial charge in [0.05, 0.1) is 22.7 Å². The molecule has 1 amide bonds. The number of hydrogen-bond acceptors (Lipinski definition) is 5. The van der Waals surface area contributed by atoms with E-state index in [2.05, 4.69) is 10.3 Å². The average Bonchev–Trinajstić information content (AvgIpc) is 2.49. The number of pyridine rings is 1. The van der Waals surface area contributed by atoms with Crippen LogP contribution in [0.3, 0.4) is 0 Å². The van der Waals surface area contributed by atoms with Crippen molar-refractivity contribution in [2.24, 2.45) is 0 Å². The number of non-ortho nitro benzene ring substituents is 1. The zero-order chi connectivity index (χ0) is 15.4. The molecule has 1 atom stereocenters. The number of nitrogens with one attached hydrogen (secondary N) is 1. The Labute approximate surface area is 121 Å². The van der Waals surface area contributed by atoms with Gasteiger partial charge >= 0.3 is 0 Å². The van der Waals surface area contributed by atoms with Gasteiger partial charge in [0.1, 0.15) is 5.82 Å². The van der Waals surface area contributed by atoms with Gasteiger partial charge in [-0.3, -0.25) is 14.9 Å². The zero-order valence-corrected chi connectivity index (χ0v) is 11.3. The second-order valence-corrected chi connectivity index (χ2v) is 4.53. The molecule has 0 spiro atoms. The van der Waals surface area contributed by atoms with Crippen molar-refractivity contribution in [2.45, 2.75) is 12.8 Å². The summed E-state index contributed by atoms with van der Waals surface area (Å²) in [5.74, 6) is -0.441. The number of nitrogen functional groups attached to an aromatic ring is 1. The first-order valence-electron chi connectivity index (χ1n) is 6.24. The zero-order valence-electron chi connectivity index (χ0n) is 11.3. The number of aromatic nitrogens is 1. The molecular weight excluding hydrogens is 272 g/mol. The summed E-state index contributed by atoms with van der Waals surface area (Å²) in [7, 11) is 0. The third kappa shape index (κ3) is 3.53. The first-order valence-corrected chi connectivity index (χ1v) is 6.24. The van der Waals surface area contributed by atoms with Crippen LogP contribution in [0.15, 0.2) is 42.6 Å². The Morgan fingerprint density at radius 2 is 2.14 bits per heavy atom. The Hall–Kier alpha value is -2.96. The van der Waals surface area contributed by atoms with E-state index in [9.17, 15) is 14.9 Å². The number of rotatable bonds is 4. The monoisotopic (exact) mass is 286 g/mol. The highest BCUT2D eigenvalue weighted by Crippen LogP contribution is 2.22. The maximum atomic E-state index is 12.1. The minimum Gasteiger partial charge on any atom is -0.384 e. The normalized spacial score (nSPS) is 11.7. The fourth-order valence-electron chi connectivity index (χ4n) is 1.79. The van der Waals surface area contributed by atoms with Crippen molar-refractivity contribution in [2.75, 3.05) is 11.1 Å². The second kappa shape index (κ2) is 6.00. The van der Waals surface area contributed by atoms with E-state index in [0.717, 1.165) is 0 Å². The van der Waals surface area contributed by atoms with Crippen LogP contribution < -0.4 is 11.1 Å². The Morgan fingerprint density at radius 3 is 2.76 bits per heavy atom. The number of nitrogens with zero attached hydrogens (tertiary/aromatic N) is 2. The van der Waals surface area contributed by atoms with E-state index in [1.54, 1.807) is 31.2 Å². The van der Waals surface area contributed by atoms with Crippen molar-refractivity contribution in [3.63, 3.8) is 0 Å². The van der Waals surface area contributed by atoms with Crippen LogP contribution in [0, 0.1) is 10.1 Å². The summed E-state index contributed by atoms with van der Waals surface area (Å²) in [6.45, 7) is 1.68. The van der Waals surface area contributed by atoms with Gasteiger partial charge in [-0.05, 0) is 24.6 Å². The van der Waals surface area contributed by atoms with Crippen molar-refractivity contribution < 1.29 is 9.72 Å². The fraction of sp³-hybridized carbons (Fsp3) is 0.143. The molecule has 7 heteroatoms. The summed E-state index contributed by atoms with van der Waals surface area (Å²) < 4.78 is 0. The smallest absolute Gasteiger partial charge is 0.269 e. The lowest BCUT2D eigenvalue weighted by Crippen LogP contribution is -2.19. The Morgan fingerprint density at radius 1 is 1.38 bits per heavy atom. The van der Waals surface area contributed by atoms with Crippen LogP contribution in [-0.4, -0.2) is 15.8 Å². The summed E-state index contributed by atoms with van der Waals surface area (Å²) in [5, 5.41) is 13.4. The lowest BCUT2D eigenvalue weighted by molar-refractivity contribution is -0.384. The van der Waals surface area contributed by atoms with E-state index in [4.69, 9.17) is 5.73 Å². The van der Waals surface area contributed by atoms with Crippen LogP contribution in [0.25, 0.3) is 0 Å². The summed E-state index contributed by atoms with van der Waals surface area (Å²) in [5.41, 5.74) is 6.52. The molecule has 0 saturated heterocycles. The molecule has 2 rings (SSSR count). The third-order valence-electron chi connectivity index (χ3n) is 3.03. The molecule has 7 nitrogen and oxygen atoms in total. The molecule has 0 radical (unpaired) electrons. The predicted octanol–water partition coefficient (Wildman–Crippen LogP) is 2.31. The first-order chi connectivity index (χ1) is 9.97. The molecule has 1 heterocycles. The highest BCUT2D eigenvalue weighted by atomic mass is 16.6.